The van der Waals surface area contributed by atoms with Crippen molar-refractivity contribution in [1.29, 1.82) is 0 Å². The molecule has 2 unspecified atom stereocenters. The van der Waals surface area contributed by atoms with Crippen LogP contribution in [0.15, 0.2) is 30.3 Å². The van der Waals surface area contributed by atoms with E-state index in [-0.39, 0.29) is 18.2 Å². The zero-order chi connectivity index (χ0) is 13.7. The highest BCUT2D eigenvalue weighted by Gasteiger charge is 2.36. The zero-order valence-corrected chi connectivity index (χ0v) is 11.4. The number of ether oxygens (including phenoxy) is 1. The zero-order valence-electron chi connectivity index (χ0n) is 11.4. The molecule has 1 fully saturated rings. The molecule has 0 radical (unpaired) electrons. The highest BCUT2D eigenvalue weighted by Crippen LogP contribution is 2.26. The molecule has 1 aliphatic rings. The number of nitrogens with zero attached hydrogens (tertiary/aromatic N) is 1. The van der Waals surface area contributed by atoms with Gasteiger partial charge in [-0.25, -0.2) is 4.39 Å². The summed E-state index contributed by atoms with van der Waals surface area (Å²) in [6.45, 7) is 3.43. The molecule has 0 aromatic heterocycles. The fourth-order valence-electron chi connectivity index (χ4n) is 2.54. The number of rotatable bonds is 5. The van der Waals surface area contributed by atoms with Crippen LogP contribution in [0.3, 0.4) is 0 Å². The summed E-state index contributed by atoms with van der Waals surface area (Å²) in [4.78, 5) is 2.12. The van der Waals surface area contributed by atoms with Gasteiger partial charge in [-0.15, -0.1) is 0 Å². The monoisotopic (exact) mass is 267 g/mol. The summed E-state index contributed by atoms with van der Waals surface area (Å²) in [7, 11) is 0. The molecule has 1 saturated heterocycles. The van der Waals surface area contributed by atoms with Crippen molar-refractivity contribution in [2.75, 3.05) is 26.4 Å². The maximum absolute atomic E-state index is 13.1. The molecule has 0 amide bonds. The van der Waals surface area contributed by atoms with Gasteiger partial charge in [0.1, 0.15) is 6.67 Å². The van der Waals surface area contributed by atoms with Crippen LogP contribution >= 0.6 is 0 Å². The first-order valence-electron chi connectivity index (χ1n) is 6.75. The molecule has 3 nitrogen and oxygen atoms in total. The normalized spacial score (nSPS) is 28.5. The number of morpholine rings is 1. The predicted molar refractivity (Wildman–Crippen MR) is 72.7 cm³/mol. The van der Waals surface area contributed by atoms with Crippen LogP contribution in [-0.2, 0) is 11.3 Å². The Morgan fingerprint density at radius 1 is 1.42 bits per heavy atom. The van der Waals surface area contributed by atoms with Crippen LogP contribution in [0.25, 0.3) is 0 Å². The summed E-state index contributed by atoms with van der Waals surface area (Å²) in [5, 5.41) is 9.11. The topological polar surface area (TPSA) is 32.7 Å². The van der Waals surface area contributed by atoms with Crippen LogP contribution < -0.4 is 0 Å². The first kappa shape index (κ1) is 14.4. The second-order valence-electron chi connectivity index (χ2n) is 5.43. The quantitative estimate of drug-likeness (QED) is 0.885. The smallest absolute Gasteiger partial charge is 0.107 e. The van der Waals surface area contributed by atoms with E-state index in [0.29, 0.717) is 19.6 Å². The largest absolute Gasteiger partial charge is 0.396 e. The van der Waals surface area contributed by atoms with Gasteiger partial charge < -0.3 is 9.84 Å². The molecule has 0 saturated carbocycles. The van der Waals surface area contributed by atoms with Crippen molar-refractivity contribution in [1.82, 2.24) is 4.90 Å². The third-order valence-corrected chi connectivity index (χ3v) is 3.73. The van der Waals surface area contributed by atoms with Crippen molar-refractivity contribution in [3.63, 3.8) is 0 Å². The number of alkyl halides is 1. The Morgan fingerprint density at radius 2 is 2.16 bits per heavy atom. The van der Waals surface area contributed by atoms with Gasteiger partial charge in [-0.05, 0) is 12.5 Å². The molecule has 4 heteroatoms. The average molecular weight is 267 g/mol. The summed E-state index contributed by atoms with van der Waals surface area (Å²) < 4.78 is 18.8. The van der Waals surface area contributed by atoms with Gasteiger partial charge in [-0.2, -0.15) is 0 Å². The van der Waals surface area contributed by atoms with Crippen LogP contribution in [0.5, 0.6) is 0 Å². The van der Waals surface area contributed by atoms with Gasteiger partial charge in [-0.1, -0.05) is 30.3 Å². The molecule has 1 heterocycles. The molecule has 1 N–H and O–H groups in total. The summed E-state index contributed by atoms with van der Waals surface area (Å²) in [5.41, 5.74) is 0.795. The number of aliphatic hydroxyl groups is 1. The second-order valence-corrected chi connectivity index (χ2v) is 5.43. The summed E-state index contributed by atoms with van der Waals surface area (Å²) in [6.07, 6.45) is 0.581. The minimum Gasteiger partial charge on any atom is -0.396 e. The summed E-state index contributed by atoms with van der Waals surface area (Å²) in [5.74, 6) is 0. The van der Waals surface area contributed by atoms with E-state index in [9.17, 15) is 4.39 Å². The van der Waals surface area contributed by atoms with E-state index in [1.54, 1.807) is 0 Å². The van der Waals surface area contributed by atoms with E-state index in [1.807, 2.05) is 37.3 Å². The lowest BCUT2D eigenvalue weighted by molar-refractivity contribution is -0.138. The number of hydrogen-bond donors (Lipinski definition) is 1. The Morgan fingerprint density at radius 3 is 2.79 bits per heavy atom. The number of hydrogen-bond acceptors (Lipinski definition) is 3. The van der Waals surface area contributed by atoms with E-state index in [1.165, 1.54) is 5.56 Å². The highest BCUT2D eigenvalue weighted by molar-refractivity contribution is 5.15. The molecule has 0 bridgehead atoms. The molecule has 19 heavy (non-hydrogen) atoms. The van der Waals surface area contributed by atoms with E-state index >= 15 is 0 Å². The van der Waals surface area contributed by atoms with Gasteiger partial charge in [-0.3, -0.25) is 4.90 Å². The third-order valence-electron chi connectivity index (χ3n) is 3.73. The van der Waals surface area contributed by atoms with Gasteiger partial charge in [0.05, 0.1) is 18.2 Å². The van der Waals surface area contributed by atoms with E-state index in [2.05, 4.69) is 4.90 Å². The Balaban J connectivity index is 2.06. The molecular weight excluding hydrogens is 245 g/mol. The van der Waals surface area contributed by atoms with Gasteiger partial charge in [0, 0.05) is 26.1 Å². The molecule has 2 atom stereocenters. The predicted octanol–water partition coefficient (Wildman–Crippen LogP) is 2.00. The molecule has 1 aromatic rings. The molecule has 0 aliphatic carbocycles. The molecule has 0 spiro atoms. The van der Waals surface area contributed by atoms with Crippen LogP contribution in [-0.4, -0.2) is 48.1 Å². The Bertz CT molecular complexity index is 387. The van der Waals surface area contributed by atoms with E-state index in [4.69, 9.17) is 9.84 Å². The minimum absolute atomic E-state index is 0.0932. The lowest BCUT2D eigenvalue weighted by Gasteiger charge is -2.44. The minimum atomic E-state index is -0.401. The van der Waals surface area contributed by atoms with Crippen LogP contribution in [0.2, 0.25) is 0 Å². The molecular formula is C15H22FNO2. The van der Waals surface area contributed by atoms with E-state index < -0.39 is 6.67 Å². The molecule has 106 valence electrons. The van der Waals surface area contributed by atoms with Crippen molar-refractivity contribution < 1.29 is 14.2 Å². The number of aliphatic hydroxyl groups excluding tert-OH is 1. The van der Waals surface area contributed by atoms with Gasteiger partial charge >= 0.3 is 0 Å². The van der Waals surface area contributed by atoms with Crippen molar-refractivity contribution in [2.45, 2.75) is 31.5 Å². The van der Waals surface area contributed by atoms with Gasteiger partial charge in [0.15, 0.2) is 0 Å². The van der Waals surface area contributed by atoms with Crippen molar-refractivity contribution >= 4 is 0 Å². The number of halogens is 1. The lowest BCUT2D eigenvalue weighted by atomic mass is 9.98. The van der Waals surface area contributed by atoms with Crippen molar-refractivity contribution in [3.8, 4) is 0 Å². The average Bonchev–Trinajstić information content (AvgIpc) is 2.40. The summed E-state index contributed by atoms with van der Waals surface area (Å²) >= 11 is 0. The van der Waals surface area contributed by atoms with Crippen molar-refractivity contribution in [3.05, 3.63) is 35.9 Å². The van der Waals surface area contributed by atoms with Crippen LogP contribution in [0.4, 0.5) is 4.39 Å². The van der Waals surface area contributed by atoms with Crippen LogP contribution in [0, 0.1) is 0 Å². The fraction of sp³-hybridized carbons (Fsp3) is 0.600. The maximum atomic E-state index is 13.1. The summed E-state index contributed by atoms with van der Waals surface area (Å²) in [6, 6.07) is 9.88. The van der Waals surface area contributed by atoms with Crippen molar-refractivity contribution in [2.24, 2.45) is 0 Å². The number of benzene rings is 1. The first-order valence-corrected chi connectivity index (χ1v) is 6.75. The van der Waals surface area contributed by atoms with E-state index in [0.717, 1.165) is 6.54 Å². The third kappa shape index (κ3) is 3.75. The highest BCUT2D eigenvalue weighted by atomic mass is 19.1. The standard InChI is InChI=1S/C15H22FNO2/c1-15(7-8-18)12-17(14(9-16)11-19-15)10-13-5-3-2-4-6-13/h2-6,14,18H,7-12H2,1H3. The second kappa shape index (κ2) is 6.46. The van der Waals surface area contributed by atoms with Crippen LogP contribution in [0.1, 0.15) is 18.9 Å². The fourth-order valence-corrected chi connectivity index (χ4v) is 2.54. The molecule has 1 aliphatic heterocycles. The van der Waals surface area contributed by atoms with Gasteiger partial charge in [0.25, 0.3) is 0 Å². The Hall–Kier alpha value is -0.970. The Kier molecular flexibility index (Phi) is 4.91. The maximum Gasteiger partial charge on any atom is 0.107 e. The lowest BCUT2D eigenvalue weighted by Crippen LogP contribution is -2.55. The molecule has 2 rings (SSSR count). The first-order chi connectivity index (χ1) is 9.17. The Labute approximate surface area is 114 Å². The van der Waals surface area contributed by atoms with Gasteiger partial charge in [0.2, 0.25) is 0 Å². The molecule has 1 aromatic carbocycles. The SMILES string of the molecule is CC1(CCO)CN(Cc2ccccc2)C(CF)CO1.